The lowest BCUT2D eigenvalue weighted by molar-refractivity contribution is -0.275. The number of nitrogens with zero attached hydrogens (tertiary/aromatic N) is 2. The van der Waals surface area contributed by atoms with E-state index in [1.165, 1.54) is 0 Å². The van der Waals surface area contributed by atoms with E-state index in [1.807, 2.05) is 6.92 Å². The van der Waals surface area contributed by atoms with Gasteiger partial charge in [0, 0.05) is 37.5 Å². The Kier molecular flexibility index (Phi) is 6.22. The lowest BCUT2D eigenvalue weighted by Crippen LogP contribution is -2.52. The summed E-state index contributed by atoms with van der Waals surface area (Å²) in [5, 5.41) is 5.37. The Bertz CT molecular complexity index is 1080. The molecule has 0 bridgehead atoms. The predicted molar refractivity (Wildman–Crippen MR) is 116 cm³/mol. The molecule has 1 unspecified atom stereocenters. The molecule has 4 rings (SSSR count). The summed E-state index contributed by atoms with van der Waals surface area (Å²) in [5.74, 6) is -0.850. The standard InChI is InChI=1S/C22H19Cl2F4N3O2/c1-2-29-20(32)31-10-14(11-31)12-3-5-13(6-4-12)18-9-21(33-30-18,22(26,27)28)15-7-16(23)19(25)17(24)8-15/h3-8,14H,2,9-11H2,1H3,(H,29,32). The average molecular weight is 504 g/mol. The quantitative estimate of drug-likeness (QED) is 0.420. The highest BCUT2D eigenvalue weighted by Gasteiger charge is 2.62. The molecule has 2 heterocycles. The number of alkyl halides is 3. The van der Waals surface area contributed by atoms with Gasteiger partial charge >= 0.3 is 12.2 Å². The van der Waals surface area contributed by atoms with Crippen LogP contribution in [0.5, 0.6) is 0 Å². The van der Waals surface area contributed by atoms with Crippen LogP contribution in [0, 0.1) is 5.82 Å². The first-order valence-electron chi connectivity index (χ1n) is 10.2. The van der Waals surface area contributed by atoms with Crippen LogP contribution in [-0.4, -0.2) is 42.5 Å². The van der Waals surface area contributed by atoms with Gasteiger partial charge in [-0.2, -0.15) is 13.2 Å². The number of hydrogen-bond donors (Lipinski definition) is 1. The number of amides is 2. The fraction of sp³-hybridized carbons (Fsp3) is 0.364. The Labute approximate surface area is 197 Å². The molecule has 1 fully saturated rings. The van der Waals surface area contributed by atoms with E-state index in [1.54, 1.807) is 29.2 Å². The number of hydrogen-bond acceptors (Lipinski definition) is 3. The molecule has 2 aliphatic rings. The Morgan fingerprint density at radius 2 is 1.82 bits per heavy atom. The first kappa shape index (κ1) is 23.6. The Balaban J connectivity index is 1.52. The molecule has 0 spiro atoms. The van der Waals surface area contributed by atoms with Gasteiger partial charge in [-0.3, -0.25) is 0 Å². The van der Waals surface area contributed by atoms with Crippen LogP contribution in [0.15, 0.2) is 41.6 Å². The van der Waals surface area contributed by atoms with Gasteiger partial charge in [0.1, 0.15) is 0 Å². The largest absolute Gasteiger partial charge is 0.435 e. The number of carbonyl (C=O) groups excluding carboxylic acids is 1. The maximum Gasteiger partial charge on any atom is 0.435 e. The summed E-state index contributed by atoms with van der Waals surface area (Å²) < 4.78 is 56.1. The molecule has 0 saturated carbocycles. The molecule has 1 atom stereocenters. The summed E-state index contributed by atoms with van der Waals surface area (Å²) >= 11 is 11.5. The van der Waals surface area contributed by atoms with Gasteiger partial charge < -0.3 is 15.1 Å². The molecule has 0 aromatic heterocycles. The van der Waals surface area contributed by atoms with Gasteiger partial charge in [-0.05, 0) is 30.2 Å². The fourth-order valence-corrected chi connectivity index (χ4v) is 4.40. The van der Waals surface area contributed by atoms with Gasteiger partial charge in [0.2, 0.25) is 0 Å². The number of rotatable bonds is 4. The van der Waals surface area contributed by atoms with Crippen molar-refractivity contribution in [2.45, 2.75) is 31.0 Å². The summed E-state index contributed by atoms with van der Waals surface area (Å²) in [6.07, 6.45) is -5.49. The molecule has 0 aliphatic carbocycles. The van der Waals surface area contributed by atoms with Gasteiger partial charge in [0.15, 0.2) is 5.82 Å². The highest BCUT2D eigenvalue weighted by Crippen LogP contribution is 2.50. The number of oxime groups is 1. The lowest BCUT2D eigenvalue weighted by atomic mass is 9.85. The maximum absolute atomic E-state index is 14.1. The third-order valence-electron chi connectivity index (χ3n) is 5.85. The van der Waals surface area contributed by atoms with Crippen molar-refractivity contribution in [2.24, 2.45) is 5.16 Å². The first-order chi connectivity index (χ1) is 15.6. The van der Waals surface area contributed by atoms with Crippen molar-refractivity contribution < 1.29 is 27.2 Å². The van der Waals surface area contributed by atoms with Crippen LogP contribution in [-0.2, 0) is 10.4 Å². The molecular weight excluding hydrogens is 485 g/mol. The van der Waals surface area contributed by atoms with Crippen LogP contribution in [0.4, 0.5) is 22.4 Å². The zero-order valence-corrected chi connectivity index (χ0v) is 18.9. The molecule has 0 radical (unpaired) electrons. The van der Waals surface area contributed by atoms with E-state index in [0.717, 1.165) is 17.7 Å². The number of nitrogens with one attached hydrogen (secondary N) is 1. The van der Waals surface area contributed by atoms with Gasteiger partial charge in [0.25, 0.3) is 5.60 Å². The summed E-state index contributed by atoms with van der Waals surface area (Å²) in [6, 6.07) is 8.54. The summed E-state index contributed by atoms with van der Waals surface area (Å²) in [6.45, 7) is 3.53. The number of urea groups is 1. The molecule has 2 amide bonds. The molecule has 1 N–H and O–H groups in total. The van der Waals surface area contributed by atoms with Gasteiger partial charge in [-0.1, -0.05) is 52.6 Å². The second-order valence-electron chi connectivity index (χ2n) is 7.94. The third kappa shape index (κ3) is 4.24. The second-order valence-corrected chi connectivity index (χ2v) is 8.76. The van der Waals surface area contributed by atoms with Gasteiger partial charge in [0.05, 0.1) is 15.8 Å². The molecule has 2 aromatic rings. The lowest BCUT2D eigenvalue weighted by Gasteiger charge is -2.39. The molecule has 11 heteroatoms. The fourth-order valence-electron chi connectivity index (χ4n) is 3.91. The van der Waals surface area contributed by atoms with Crippen molar-refractivity contribution in [3.63, 3.8) is 0 Å². The Hall–Kier alpha value is -2.52. The monoisotopic (exact) mass is 503 g/mol. The van der Waals surface area contributed by atoms with Crippen LogP contribution in [0.3, 0.4) is 0 Å². The van der Waals surface area contributed by atoms with Crippen LogP contribution in [0.2, 0.25) is 10.0 Å². The second kappa shape index (κ2) is 8.68. The van der Waals surface area contributed by atoms with Crippen LogP contribution >= 0.6 is 23.2 Å². The SMILES string of the molecule is CCNC(=O)N1CC(c2ccc(C3=NOC(c4cc(Cl)c(F)c(Cl)c4)(C(F)(F)F)C3)cc2)C1. The topological polar surface area (TPSA) is 53.9 Å². The average Bonchev–Trinajstić information content (AvgIpc) is 3.18. The zero-order chi connectivity index (χ0) is 24.0. The smallest absolute Gasteiger partial charge is 0.374 e. The van der Waals surface area contributed by atoms with Crippen molar-refractivity contribution in [3.8, 4) is 0 Å². The third-order valence-corrected chi connectivity index (χ3v) is 6.40. The van der Waals surface area contributed by atoms with Crippen molar-refractivity contribution in [2.75, 3.05) is 19.6 Å². The molecule has 33 heavy (non-hydrogen) atoms. The minimum Gasteiger partial charge on any atom is -0.374 e. The van der Waals surface area contributed by atoms with Crippen molar-refractivity contribution in [1.82, 2.24) is 10.2 Å². The Morgan fingerprint density at radius 3 is 2.36 bits per heavy atom. The van der Waals surface area contributed by atoms with E-state index in [4.69, 9.17) is 28.0 Å². The maximum atomic E-state index is 14.1. The highest BCUT2D eigenvalue weighted by atomic mass is 35.5. The van der Waals surface area contributed by atoms with E-state index >= 15 is 0 Å². The molecule has 176 valence electrons. The molecule has 5 nitrogen and oxygen atoms in total. The van der Waals surface area contributed by atoms with Gasteiger partial charge in [-0.25, -0.2) is 9.18 Å². The molecular formula is C22H19Cl2F4N3O2. The van der Waals surface area contributed by atoms with Crippen molar-refractivity contribution in [1.29, 1.82) is 0 Å². The molecule has 1 saturated heterocycles. The van der Waals surface area contributed by atoms with Crippen molar-refractivity contribution >= 4 is 34.9 Å². The molecule has 2 aromatic carbocycles. The van der Waals surface area contributed by atoms with Crippen LogP contribution in [0.1, 0.15) is 36.0 Å². The van der Waals surface area contributed by atoms with E-state index in [-0.39, 0.29) is 17.7 Å². The highest BCUT2D eigenvalue weighted by molar-refractivity contribution is 6.35. The normalized spacial score (nSPS) is 20.8. The first-order valence-corrected chi connectivity index (χ1v) is 10.9. The predicted octanol–water partition coefficient (Wildman–Crippen LogP) is 5.84. The summed E-state index contributed by atoms with van der Waals surface area (Å²) in [7, 11) is 0. The minimum atomic E-state index is -4.86. The summed E-state index contributed by atoms with van der Waals surface area (Å²) in [4.78, 5) is 18.4. The molecule has 2 aliphatic heterocycles. The van der Waals surface area contributed by atoms with E-state index in [0.29, 0.717) is 25.2 Å². The van der Waals surface area contributed by atoms with Gasteiger partial charge in [-0.15, -0.1) is 0 Å². The van der Waals surface area contributed by atoms with Crippen molar-refractivity contribution in [3.05, 3.63) is 69.0 Å². The van der Waals surface area contributed by atoms with Crippen LogP contribution < -0.4 is 5.32 Å². The number of carbonyl (C=O) groups is 1. The minimum absolute atomic E-state index is 0.0907. The van der Waals surface area contributed by atoms with E-state index in [9.17, 15) is 22.4 Å². The van der Waals surface area contributed by atoms with E-state index in [2.05, 4.69) is 10.5 Å². The van der Waals surface area contributed by atoms with E-state index < -0.39 is 39.6 Å². The summed E-state index contributed by atoms with van der Waals surface area (Å²) in [5.41, 5.74) is -1.74. The number of benzene rings is 2. The number of likely N-dealkylation sites (tertiary alicyclic amines) is 1. The number of halogens is 6. The Morgan fingerprint density at radius 1 is 1.21 bits per heavy atom. The zero-order valence-electron chi connectivity index (χ0n) is 17.3. The van der Waals surface area contributed by atoms with Crippen LogP contribution in [0.25, 0.3) is 0 Å².